The van der Waals surface area contributed by atoms with E-state index >= 15 is 0 Å². The fraction of sp³-hybridized carbons (Fsp3) is 0.435. The van der Waals surface area contributed by atoms with E-state index in [1.54, 1.807) is 30.3 Å². The molecule has 1 fully saturated rings. The summed E-state index contributed by atoms with van der Waals surface area (Å²) in [6, 6.07) is 11.1. The van der Waals surface area contributed by atoms with E-state index in [0.29, 0.717) is 23.6 Å². The molecule has 0 atom stereocenters. The summed E-state index contributed by atoms with van der Waals surface area (Å²) < 4.78 is 69.4. The van der Waals surface area contributed by atoms with Crippen molar-refractivity contribution in [2.45, 2.75) is 38.4 Å². The van der Waals surface area contributed by atoms with Crippen molar-refractivity contribution in [3.63, 3.8) is 0 Å². The number of alkyl halides is 3. The summed E-state index contributed by atoms with van der Waals surface area (Å²) in [6.45, 7) is 9.51. The Labute approximate surface area is 208 Å². The molecule has 2 aromatic carbocycles. The number of carbonyl (C=O) groups excluding carboxylic acids is 1. The van der Waals surface area contributed by atoms with Crippen LogP contribution in [0, 0.1) is 0 Å². The Balaban J connectivity index is 0.000000540. The summed E-state index contributed by atoms with van der Waals surface area (Å²) in [6.07, 6.45) is 0. The van der Waals surface area contributed by atoms with E-state index in [-0.39, 0.29) is 11.4 Å². The normalized spacial score (nSPS) is 15.1. The average molecular weight is 537 g/mol. The van der Waals surface area contributed by atoms with Crippen molar-refractivity contribution in [2.75, 3.05) is 26.2 Å². The van der Waals surface area contributed by atoms with Crippen LogP contribution < -0.4 is 9.50 Å². The van der Waals surface area contributed by atoms with Crippen LogP contribution in [0.3, 0.4) is 0 Å². The van der Waals surface area contributed by atoms with E-state index in [2.05, 4.69) is 19.1 Å². The van der Waals surface area contributed by atoms with Crippen molar-refractivity contribution in [2.24, 2.45) is 0 Å². The predicted molar refractivity (Wildman–Crippen MR) is 128 cm³/mol. The highest BCUT2D eigenvalue weighted by atomic mass is 35.5. The summed E-state index contributed by atoms with van der Waals surface area (Å²) in [7, 11) is -5.72. The lowest BCUT2D eigenvalue weighted by Gasteiger charge is -2.28. The van der Waals surface area contributed by atoms with Gasteiger partial charge in [0.25, 0.3) is 6.47 Å². The van der Waals surface area contributed by atoms with Crippen LogP contribution in [0.2, 0.25) is 5.02 Å². The van der Waals surface area contributed by atoms with Gasteiger partial charge >= 0.3 is 15.6 Å². The molecule has 1 aliphatic heterocycles. The third-order valence-corrected chi connectivity index (χ3v) is 5.96. The number of hydrogen-bond donors (Lipinski definition) is 1. The highest BCUT2D eigenvalue weighted by Gasteiger charge is 2.48. The zero-order valence-corrected chi connectivity index (χ0v) is 21.1. The molecule has 12 heteroatoms. The van der Waals surface area contributed by atoms with Crippen LogP contribution in [0.5, 0.6) is 5.75 Å². The number of ether oxygens (including phenoxy) is 1. The van der Waals surface area contributed by atoms with E-state index in [9.17, 15) is 26.4 Å². The third-order valence-electron chi connectivity index (χ3n) is 4.73. The topological polar surface area (TPSA) is 84.9 Å². The van der Waals surface area contributed by atoms with Crippen molar-refractivity contribution >= 4 is 28.2 Å². The second-order valence-electron chi connectivity index (χ2n) is 8.66. The fourth-order valence-electron chi connectivity index (χ4n) is 3.09. The Morgan fingerprint density at radius 2 is 1.66 bits per heavy atom. The molecule has 0 bridgehead atoms. The zero-order chi connectivity index (χ0) is 26.3. The summed E-state index contributed by atoms with van der Waals surface area (Å²) in [5, 5.41) is 3.79. The van der Waals surface area contributed by atoms with E-state index in [1.807, 2.05) is 20.8 Å². The Hall–Kier alpha value is -2.34. The number of hydrogen-bond acceptors (Lipinski definition) is 7. The molecule has 0 aromatic heterocycles. The summed E-state index contributed by atoms with van der Waals surface area (Å²) in [5.74, 6) is -0.375. The lowest BCUT2D eigenvalue weighted by atomic mass is 9.99. The molecule has 0 unspecified atom stereocenters. The van der Waals surface area contributed by atoms with Gasteiger partial charge in [0.2, 0.25) is 0 Å². The Kier molecular flexibility index (Phi) is 9.96. The number of rotatable bonds is 6. The Morgan fingerprint density at radius 1 is 1.06 bits per heavy atom. The Morgan fingerprint density at radius 3 is 2.14 bits per heavy atom. The zero-order valence-electron chi connectivity index (χ0n) is 19.6. The molecule has 35 heavy (non-hydrogen) atoms. The molecule has 1 saturated heterocycles. The molecule has 3 rings (SSSR count). The van der Waals surface area contributed by atoms with Gasteiger partial charge in [-0.2, -0.15) is 21.6 Å². The molecule has 2 aromatic rings. The van der Waals surface area contributed by atoms with Crippen molar-refractivity contribution in [3.8, 4) is 16.9 Å². The average Bonchev–Trinajstić information content (AvgIpc) is 2.74. The summed E-state index contributed by atoms with van der Waals surface area (Å²) >= 11 is 5.93. The molecular formula is C23H28ClF3N2O5S. The summed E-state index contributed by atoms with van der Waals surface area (Å²) in [5.41, 5.74) is -3.55. The van der Waals surface area contributed by atoms with Crippen LogP contribution in [0.25, 0.3) is 11.1 Å². The SMILES string of the molecule is CC(C)(C)OC=O.O=S(=O)(Oc1ccc(-c2ccc(Cl)cc2)c(CN2CCNCC2)c1)C(F)(F)F. The van der Waals surface area contributed by atoms with E-state index in [0.717, 1.165) is 37.3 Å². The molecular weight excluding hydrogens is 509 g/mol. The van der Waals surface area contributed by atoms with Gasteiger partial charge in [0.15, 0.2) is 0 Å². The molecule has 1 N–H and O–H groups in total. The van der Waals surface area contributed by atoms with Gasteiger partial charge in [-0.25, -0.2) is 0 Å². The van der Waals surface area contributed by atoms with Crippen molar-refractivity contribution in [3.05, 3.63) is 53.1 Å². The minimum atomic E-state index is -5.72. The molecule has 0 aliphatic carbocycles. The number of nitrogens with one attached hydrogen (secondary N) is 1. The summed E-state index contributed by atoms with van der Waals surface area (Å²) in [4.78, 5) is 11.7. The molecule has 0 saturated carbocycles. The largest absolute Gasteiger partial charge is 0.534 e. The van der Waals surface area contributed by atoms with Crippen LogP contribution in [-0.4, -0.2) is 57.1 Å². The number of nitrogens with zero attached hydrogens (tertiary/aromatic N) is 1. The second kappa shape index (κ2) is 12.1. The third kappa shape index (κ3) is 9.32. The highest BCUT2D eigenvalue weighted by Crippen LogP contribution is 2.32. The molecule has 1 heterocycles. The first-order valence-electron chi connectivity index (χ1n) is 10.7. The van der Waals surface area contributed by atoms with Crippen molar-refractivity contribution in [1.82, 2.24) is 10.2 Å². The van der Waals surface area contributed by atoms with Gasteiger partial charge in [-0.1, -0.05) is 29.8 Å². The van der Waals surface area contributed by atoms with E-state index in [1.165, 1.54) is 12.1 Å². The number of halogens is 4. The minimum Gasteiger partial charge on any atom is -0.462 e. The standard InChI is InChI=1S/C18H18ClF3N2O3S.C5H10O2/c19-15-3-1-13(2-4-15)17-6-5-16(27-28(25,26)18(20,21)22)11-14(17)12-24-9-7-23-8-10-24;1-5(2,3)7-4-6/h1-6,11,23H,7-10,12H2;4H,1-3H3. The maximum atomic E-state index is 12.6. The maximum Gasteiger partial charge on any atom is 0.534 e. The van der Waals surface area contributed by atoms with Crippen molar-refractivity contribution in [1.29, 1.82) is 0 Å². The van der Waals surface area contributed by atoms with E-state index < -0.39 is 15.6 Å². The van der Waals surface area contributed by atoms with Crippen LogP contribution in [-0.2, 0) is 26.2 Å². The molecule has 194 valence electrons. The fourth-order valence-corrected chi connectivity index (χ4v) is 3.67. The van der Waals surface area contributed by atoms with Crippen LogP contribution in [0.15, 0.2) is 42.5 Å². The molecule has 7 nitrogen and oxygen atoms in total. The number of carbonyl (C=O) groups is 1. The van der Waals surface area contributed by atoms with Gasteiger partial charge in [0.1, 0.15) is 11.4 Å². The van der Waals surface area contributed by atoms with Gasteiger partial charge in [-0.05, 0) is 61.7 Å². The monoisotopic (exact) mass is 536 g/mol. The highest BCUT2D eigenvalue weighted by molar-refractivity contribution is 7.88. The number of piperazine rings is 1. The molecule has 0 radical (unpaired) electrons. The Bertz CT molecular complexity index is 1080. The quantitative estimate of drug-likeness (QED) is 0.328. The molecule has 0 spiro atoms. The first-order valence-corrected chi connectivity index (χ1v) is 12.4. The molecule has 1 aliphatic rings. The van der Waals surface area contributed by atoms with Gasteiger partial charge in [-0.3, -0.25) is 9.69 Å². The van der Waals surface area contributed by atoms with Gasteiger partial charge in [0, 0.05) is 37.7 Å². The smallest absolute Gasteiger partial charge is 0.462 e. The van der Waals surface area contributed by atoms with Gasteiger partial charge in [0.05, 0.1) is 0 Å². The van der Waals surface area contributed by atoms with Gasteiger partial charge in [-0.15, -0.1) is 0 Å². The van der Waals surface area contributed by atoms with Crippen LogP contribution >= 0.6 is 11.6 Å². The van der Waals surface area contributed by atoms with Crippen LogP contribution in [0.1, 0.15) is 26.3 Å². The first-order chi connectivity index (χ1) is 16.2. The lowest BCUT2D eigenvalue weighted by Crippen LogP contribution is -2.42. The van der Waals surface area contributed by atoms with E-state index in [4.69, 9.17) is 11.6 Å². The second-order valence-corrected chi connectivity index (χ2v) is 10.6. The number of benzene rings is 2. The van der Waals surface area contributed by atoms with Crippen molar-refractivity contribution < 1.29 is 35.3 Å². The maximum absolute atomic E-state index is 12.6. The predicted octanol–water partition coefficient (Wildman–Crippen LogP) is 4.60. The first kappa shape index (κ1) is 28.9. The lowest BCUT2D eigenvalue weighted by molar-refractivity contribution is -0.138. The minimum absolute atomic E-state index is 0.318. The van der Waals surface area contributed by atoms with Gasteiger partial charge < -0.3 is 14.2 Å². The molecule has 0 amide bonds. The van der Waals surface area contributed by atoms with Crippen LogP contribution in [0.4, 0.5) is 13.2 Å².